The predicted octanol–water partition coefficient (Wildman–Crippen LogP) is 3.19. The summed E-state index contributed by atoms with van der Waals surface area (Å²) >= 11 is -0.526. The molecule has 92 valence electrons. The maximum absolute atomic E-state index is 13.2. The summed E-state index contributed by atoms with van der Waals surface area (Å²) in [5.74, 6) is -1.37. The topological polar surface area (TPSA) is 36.0 Å². The molecule has 2 aromatic rings. The molecule has 1 atom stereocenters. The Hall–Kier alpha value is -0.860. The molecule has 1 unspecified atom stereocenters. The first-order chi connectivity index (χ1) is 7.79. The van der Waals surface area contributed by atoms with Crippen molar-refractivity contribution in [3.05, 3.63) is 23.5 Å². The lowest BCUT2D eigenvalue weighted by Gasteiger charge is -2.06. The molecule has 0 radical (unpaired) electrons. The monoisotopic (exact) mass is 283 g/mol. The lowest BCUT2D eigenvalue weighted by Crippen LogP contribution is -2.07. The molecule has 0 fully saturated rings. The fraction of sp³-hybridized carbons (Fsp3) is 0.222. The number of thiazole rings is 1. The van der Waals surface area contributed by atoms with Gasteiger partial charge in [0.1, 0.15) is 12.1 Å². The summed E-state index contributed by atoms with van der Waals surface area (Å²) < 4.78 is 61.9. The molecule has 2 rings (SSSR count). The lowest BCUT2D eigenvalue weighted by molar-refractivity contribution is -0.139. The molecule has 0 aliphatic rings. The zero-order chi connectivity index (χ0) is 12.8. The number of benzene rings is 1. The maximum Gasteiger partial charge on any atom is 0.419 e. The molecule has 17 heavy (non-hydrogen) atoms. The summed E-state index contributed by atoms with van der Waals surface area (Å²) in [6, 6.07) is 1.41. The number of halogens is 4. The molecule has 0 bridgehead atoms. The van der Waals surface area contributed by atoms with Gasteiger partial charge in [-0.2, -0.15) is 18.2 Å². The highest BCUT2D eigenvalue weighted by Crippen LogP contribution is 2.35. The standard InChI is InChI=1S/C9H5F4NOS2/c1-17(15)8-14-6-3-5(10)4(9(11,12)13)2-7(6)16-8/h2-3H,1H3. The van der Waals surface area contributed by atoms with Crippen LogP contribution in [0.3, 0.4) is 0 Å². The molecular weight excluding hydrogens is 278 g/mol. The van der Waals surface area contributed by atoms with E-state index in [-0.39, 0.29) is 14.6 Å². The van der Waals surface area contributed by atoms with Crippen LogP contribution in [0.25, 0.3) is 10.2 Å². The molecule has 2 nitrogen and oxygen atoms in total. The number of hydrogen-bond donors (Lipinski definition) is 0. The van der Waals surface area contributed by atoms with Gasteiger partial charge >= 0.3 is 10.5 Å². The van der Waals surface area contributed by atoms with Crippen LogP contribution in [0.2, 0.25) is 0 Å². The lowest BCUT2D eigenvalue weighted by atomic mass is 10.2. The van der Waals surface area contributed by atoms with Crippen molar-refractivity contribution in [1.82, 2.24) is 4.98 Å². The van der Waals surface area contributed by atoms with E-state index in [0.29, 0.717) is 12.1 Å². The van der Waals surface area contributed by atoms with Crippen LogP contribution in [0.15, 0.2) is 16.5 Å². The van der Waals surface area contributed by atoms with Gasteiger partial charge in [0, 0.05) is 17.2 Å². The van der Waals surface area contributed by atoms with Crippen LogP contribution >= 0.6 is 11.3 Å². The van der Waals surface area contributed by atoms with E-state index >= 15 is 0 Å². The van der Waals surface area contributed by atoms with Crippen molar-refractivity contribution in [1.29, 1.82) is 0 Å². The highest BCUT2D eigenvalue weighted by molar-refractivity contribution is 7.92. The van der Waals surface area contributed by atoms with Crippen molar-refractivity contribution < 1.29 is 22.1 Å². The zero-order valence-electron chi connectivity index (χ0n) is 8.34. The van der Waals surface area contributed by atoms with Gasteiger partial charge in [0.05, 0.1) is 15.8 Å². The van der Waals surface area contributed by atoms with E-state index in [0.717, 1.165) is 11.3 Å². The Morgan fingerprint density at radius 1 is 1.35 bits per heavy atom. The molecule has 0 amide bonds. The van der Waals surface area contributed by atoms with Crippen LogP contribution in [0.1, 0.15) is 5.56 Å². The summed E-state index contributed by atoms with van der Waals surface area (Å²) in [5.41, 5.74) is -1.24. The Labute approximate surface area is 100 Å². The number of rotatable bonds is 1. The second-order valence-corrected chi connectivity index (χ2v) is 5.82. The Morgan fingerprint density at radius 2 is 2.00 bits per heavy atom. The maximum atomic E-state index is 13.2. The van der Waals surface area contributed by atoms with Crippen molar-refractivity contribution in [3.8, 4) is 0 Å². The number of aromatic nitrogens is 1. The first-order valence-corrected chi connectivity index (χ1v) is 6.67. The van der Waals surface area contributed by atoms with E-state index in [9.17, 15) is 22.1 Å². The van der Waals surface area contributed by atoms with Crippen LogP contribution in [-0.4, -0.2) is 15.8 Å². The largest absolute Gasteiger partial charge is 0.610 e. The molecule has 0 aliphatic carbocycles. The van der Waals surface area contributed by atoms with Gasteiger partial charge in [0.2, 0.25) is 0 Å². The predicted molar refractivity (Wildman–Crippen MR) is 56.9 cm³/mol. The minimum atomic E-state index is -4.74. The fourth-order valence-corrected chi connectivity index (χ4v) is 2.95. The number of fused-ring (bicyclic) bond motifs is 1. The highest BCUT2D eigenvalue weighted by Gasteiger charge is 2.35. The van der Waals surface area contributed by atoms with E-state index in [2.05, 4.69) is 4.98 Å². The third kappa shape index (κ3) is 2.38. The summed E-state index contributed by atoms with van der Waals surface area (Å²) in [5, 5.41) is 0. The molecule has 0 saturated heterocycles. The molecule has 0 N–H and O–H groups in total. The number of alkyl halides is 3. The van der Waals surface area contributed by atoms with E-state index < -0.39 is 28.7 Å². The summed E-state index contributed by atoms with van der Waals surface area (Å²) in [6.07, 6.45) is -3.38. The number of hydrogen-bond acceptors (Lipinski definition) is 3. The Balaban J connectivity index is 2.64. The van der Waals surface area contributed by atoms with Gasteiger partial charge in [-0.25, -0.2) is 4.39 Å². The van der Waals surface area contributed by atoms with E-state index in [4.69, 9.17) is 0 Å². The molecule has 1 aromatic carbocycles. The Bertz CT molecular complexity index is 564. The normalized spacial score (nSPS) is 14.2. The minimum absolute atomic E-state index is 0.0886. The average molecular weight is 283 g/mol. The van der Waals surface area contributed by atoms with Crippen molar-refractivity contribution in [2.45, 2.75) is 10.5 Å². The third-order valence-electron chi connectivity index (χ3n) is 2.01. The smallest absolute Gasteiger partial charge is 0.419 e. The van der Waals surface area contributed by atoms with Gasteiger partial charge in [0.15, 0.2) is 0 Å². The molecule has 0 saturated carbocycles. The molecule has 8 heteroatoms. The molecule has 1 aromatic heterocycles. The molecule has 0 aliphatic heterocycles. The van der Waals surface area contributed by atoms with Crippen LogP contribution in [0, 0.1) is 5.82 Å². The van der Waals surface area contributed by atoms with Crippen molar-refractivity contribution >= 4 is 32.7 Å². The van der Waals surface area contributed by atoms with Crippen LogP contribution in [0.4, 0.5) is 17.6 Å². The van der Waals surface area contributed by atoms with E-state index in [1.54, 1.807) is 0 Å². The molecule has 0 spiro atoms. The third-order valence-corrected chi connectivity index (χ3v) is 4.36. The highest BCUT2D eigenvalue weighted by atomic mass is 32.2. The van der Waals surface area contributed by atoms with Crippen molar-refractivity contribution in [3.63, 3.8) is 0 Å². The summed E-state index contributed by atoms with van der Waals surface area (Å²) in [7, 11) is 0. The van der Waals surface area contributed by atoms with Crippen LogP contribution in [0.5, 0.6) is 0 Å². The first-order valence-electron chi connectivity index (χ1n) is 4.30. The van der Waals surface area contributed by atoms with Gasteiger partial charge in [-0.15, -0.1) is 0 Å². The quantitative estimate of drug-likeness (QED) is 0.595. The second-order valence-electron chi connectivity index (χ2n) is 3.23. The minimum Gasteiger partial charge on any atom is -0.610 e. The van der Waals surface area contributed by atoms with Gasteiger partial charge in [-0.3, -0.25) is 0 Å². The molecular formula is C9H5F4NOS2. The summed E-state index contributed by atoms with van der Waals surface area (Å²) in [4.78, 5) is 3.81. The average Bonchev–Trinajstić information content (AvgIpc) is 2.57. The fourth-order valence-electron chi connectivity index (χ4n) is 1.27. The van der Waals surface area contributed by atoms with Crippen molar-refractivity contribution in [2.75, 3.05) is 6.26 Å². The zero-order valence-corrected chi connectivity index (χ0v) is 9.97. The number of nitrogens with zero attached hydrogens (tertiary/aromatic N) is 1. The van der Waals surface area contributed by atoms with Crippen LogP contribution < -0.4 is 0 Å². The Kier molecular flexibility index (Phi) is 3.04. The van der Waals surface area contributed by atoms with Crippen LogP contribution in [-0.2, 0) is 17.4 Å². The van der Waals surface area contributed by atoms with Gasteiger partial charge in [-0.1, -0.05) is 11.3 Å². The second kappa shape index (κ2) is 4.11. The van der Waals surface area contributed by atoms with Gasteiger partial charge in [0.25, 0.3) is 0 Å². The van der Waals surface area contributed by atoms with Crippen molar-refractivity contribution in [2.24, 2.45) is 0 Å². The van der Waals surface area contributed by atoms with Gasteiger partial charge in [-0.05, 0) is 6.07 Å². The Morgan fingerprint density at radius 3 is 2.53 bits per heavy atom. The van der Waals surface area contributed by atoms with Gasteiger partial charge < -0.3 is 4.55 Å². The SMILES string of the molecule is C[S+]([O-])c1nc2cc(F)c(C(F)(F)F)cc2s1. The summed E-state index contributed by atoms with van der Waals surface area (Å²) in [6.45, 7) is 0. The van der Waals surface area contributed by atoms with E-state index in [1.165, 1.54) is 6.26 Å². The van der Waals surface area contributed by atoms with E-state index in [1.807, 2.05) is 0 Å². The first kappa shape index (κ1) is 12.6. The molecule has 1 heterocycles.